The number of rotatable bonds is 4. The van der Waals surface area contributed by atoms with Crippen molar-refractivity contribution < 1.29 is 0 Å². The first-order chi connectivity index (χ1) is 3.77. The van der Waals surface area contributed by atoms with E-state index in [1.54, 1.807) is 4.42 Å². The standard InChI is InChI=1S/C6H14ClN/c1-3-4-5-6-8(2)7/h3-6H2,1-2H3. The van der Waals surface area contributed by atoms with Gasteiger partial charge in [-0.2, -0.15) is 0 Å². The normalized spacial score (nSPS) is 10.5. The van der Waals surface area contributed by atoms with Crippen LogP contribution in [-0.4, -0.2) is 18.0 Å². The van der Waals surface area contributed by atoms with Gasteiger partial charge in [-0.3, -0.25) is 0 Å². The van der Waals surface area contributed by atoms with E-state index >= 15 is 0 Å². The zero-order chi connectivity index (χ0) is 6.41. The summed E-state index contributed by atoms with van der Waals surface area (Å²) in [5, 5.41) is 0. The van der Waals surface area contributed by atoms with E-state index < -0.39 is 0 Å². The van der Waals surface area contributed by atoms with Crippen molar-refractivity contribution in [3.63, 3.8) is 0 Å². The van der Waals surface area contributed by atoms with Gasteiger partial charge in [0, 0.05) is 13.6 Å². The summed E-state index contributed by atoms with van der Waals surface area (Å²) < 4.78 is 1.70. The van der Waals surface area contributed by atoms with E-state index in [9.17, 15) is 0 Å². The van der Waals surface area contributed by atoms with E-state index in [0.29, 0.717) is 0 Å². The maximum absolute atomic E-state index is 5.55. The molecule has 0 aliphatic heterocycles. The van der Waals surface area contributed by atoms with Crippen LogP contribution in [0.15, 0.2) is 0 Å². The Labute approximate surface area is 56.7 Å². The predicted molar refractivity (Wildman–Crippen MR) is 38.0 cm³/mol. The molecule has 0 saturated carbocycles. The maximum Gasteiger partial charge on any atom is 0.0135 e. The Balaban J connectivity index is 2.72. The molecule has 0 heterocycles. The van der Waals surface area contributed by atoms with Crippen molar-refractivity contribution in [2.24, 2.45) is 0 Å². The summed E-state index contributed by atoms with van der Waals surface area (Å²) in [6.07, 6.45) is 3.78. The summed E-state index contributed by atoms with van der Waals surface area (Å²) in [5.41, 5.74) is 0. The molecule has 0 aliphatic carbocycles. The lowest BCUT2D eigenvalue weighted by Gasteiger charge is -2.03. The molecule has 0 fully saturated rings. The second-order valence-electron chi connectivity index (χ2n) is 2.04. The van der Waals surface area contributed by atoms with Crippen molar-refractivity contribution in [2.75, 3.05) is 13.6 Å². The number of nitrogens with zero attached hydrogens (tertiary/aromatic N) is 1. The molecular formula is C6H14ClN. The van der Waals surface area contributed by atoms with E-state index in [1.807, 2.05) is 7.05 Å². The van der Waals surface area contributed by atoms with Crippen LogP contribution in [0.4, 0.5) is 0 Å². The van der Waals surface area contributed by atoms with Crippen molar-refractivity contribution in [3.8, 4) is 0 Å². The molecule has 0 aliphatic rings. The average Bonchev–Trinajstić information content (AvgIpc) is 1.66. The number of hydrogen-bond donors (Lipinski definition) is 0. The topological polar surface area (TPSA) is 3.24 Å². The summed E-state index contributed by atoms with van der Waals surface area (Å²) in [7, 11) is 1.89. The van der Waals surface area contributed by atoms with Crippen molar-refractivity contribution >= 4 is 11.8 Å². The van der Waals surface area contributed by atoms with E-state index in [4.69, 9.17) is 11.8 Å². The summed E-state index contributed by atoms with van der Waals surface area (Å²) in [6, 6.07) is 0. The number of unbranched alkanes of at least 4 members (excludes halogenated alkanes) is 2. The first-order valence-electron chi connectivity index (χ1n) is 3.14. The van der Waals surface area contributed by atoms with Crippen molar-refractivity contribution in [1.29, 1.82) is 0 Å². The minimum atomic E-state index is 1.01. The molecule has 0 rings (SSSR count). The van der Waals surface area contributed by atoms with Gasteiger partial charge in [0.25, 0.3) is 0 Å². The molecule has 0 N–H and O–H groups in total. The van der Waals surface area contributed by atoms with E-state index in [2.05, 4.69) is 6.92 Å². The highest BCUT2D eigenvalue weighted by Gasteiger charge is 1.88. The molecule has 2 heteroatoms. The zero-order valence-electron chi connectivity index (χ0n) is 5.65. The van der Waals surface area contributed by atoms with Gasteiger partial charge in [-0.15, -0.1) is 0 Å². The lowest BCUT2D eigenvalue weighted by Crippen LogP contribution is -2.05. The van der Waals surface area contributed by atoms with Gasteiger partial charge in [-0.1, -0.05) is 19.8 Å². The van der Waals surface area contributed by atoms with Gasteiger partial charge in [0.15, 0.2) is 0 Å². The third-order valence-electron chi connectivity index (χ3n) is 1.07. The average molecular weight is 136 g/mol. The number of hydrogen-bond acceptors (Lipinski definition) is 1. The molecule has 0 saturated heterocycles. The molecule has 0 bridgehead atoms. The second-order valence-corrected chi connectivity index (χ2v) is 2.61. The van der Waals surface area contributed by atoms with E-state index in [0.717, 1.165) is 6.54 Å². The molecule has 0 amide bonds. The molecule has 1 nitrogen and oxygen atoms in total. The highest BCUT2D eigenvalue weighted by Crippen LogP contribution is 1.96. The maximum atomic E-state index is 5.55. The Bertz CT molecular complexity index is 45.8. The Morgan fingerprint density at radius 3 is 2.38 bits per heavy atom. The molecule has 0 aromatic carbocycles. The summed E-state index contributed by atoms with van der Waals surface area (Å²) in [4.78, 5) is 0. The van der Waals surface area contributed by atoms with Crippen LogP contribution in [-0.2, 0) is 0 Å². The van der Waals surface area contributed by atoms with E-state index in [-0.39, 0.29) is 0 Å². The van der Waals surface area contributed by atoms with Crippen molar-refractivity contribution in [1.82, 2.24) is 4.42 Å². The van der Waals surface area contributed by atoms with Gasteiger partial charge in [0.05, 0.1) is 0 Å². The van der Waals surface area contributed by atoms with Crippen LogP contribution in [0, 0.1) is 0 Å². The smallest absolute Gasteiger partial charge is 0.0135 e. The lowest BCUT2D eigenvalue weighted by atomic mass is 10.2. The third-order valence-corrected chi connectivity index (χ3v) is 1.24. The lowest BCUT2D eigenvalue weighted by molar-refractivity contribution is 0.510. The highest BCUT2D eigenvalue weighted by molar-refractivity contribution is 6.13. The second kappa shape index (κ2) is 5.39. The summed E-state index contributed by atoms with van der Waals surface area (Å²) in [5.74, 6) is 0. The van der Waals surface area contributed by atoms with Crippen LogP contribution in [0.5, 0.6) is 0 Å². The molecule has 0 spiro atoms. The monoisotopic (exact) mass is 135 g/mol. The minimum absolute atomic E-state index is 1.01. The van der Waals surface area contributed by atoms with Gasteiger partial charge in [-0.25, -0.2) is 4.42 Å². The molecular weight excluding hydrogens is 122 g/mol. The quantitative estimate of drug-likeness (QED) is 0.422. The Morgan fingerprint density at radius 2 is 2.00 bits per heavy atom. The fourth-order valence-corrected chi connectivity index (χ4v) is 0.699. The Hall–Kier alpha value is 0.250. The highest BCUT2D eigenvalue weighted by atomic mass is 35.5. The summed E-state index contributed by atoms with van der Waals surface area (Å²) in [6.45, 7) is 3.20. The third kappa shape index (κ3) is 6.25. The fourth-order valence-electron chi connectivity index (χ4n) is 0.580. The fraction of sp³-hybridized carbons (Fsp3) is 1.00. The Morgan fingerprint density at radius 1 is 1.38 bits per heavy atom. The van der Waals surface area contributed by atoms with Gasteiger partial charge >= 0.3 is 0 Å². The predicted octanol–water partition coefficient (Wildman–Crippen LogP) is 2.26. The van der Waals surface area contributed by atoms with E-state index in [1.165, 1.54) is 19.3 Å². The van der Waals surface area contributed by atoms with Gasteiger partial charge < -0.3 is 0 Å². The van der Waals surface area contributed by atoms with Crippen LogP contribution in [0.2, 0.25) is 0 Å². The zero-order valence-corrected chi connectivity index (χ0v) is 6.41. The van der Waals surface area contributed by atoms with Crippen molar-refractivity contribution in [3.05, 3.63) is 0 Å². The number of halogens is 1. The molecule has 8 heavy (non-hydrogen) atoms. The van der Waals surface area contributed by atoms with Crippen LogP contribution in [0.25, 0.3) is 0 Å². The first kappa shape index (κ1) is 8.25. The van der Waals surface area contributed by atoms with Gasteiger partial charge in [0.1, 0.15) is 0 Å². The first-order valence-corrected chi connectivity index (χ1v) is 3.48. The Kier molecular flexibility index (Phi) is 5.56. The molecule has 0 aromatic heterocycles. The minimum Gasteiger partial charge on any atom is -0.223 e. The van der Waals surface area contributed by atoms with Crippen LogP contribution >= 0.6 is 11.8 Å². The molecule has 0 unspecified atom stereocenters. The SMILES string of the molecule is CCCCCN(C)Cl. The van der Waals surface area contributed by atoms with Gasteiger partial charge in [0.2, 0.25) is 0 Å². The van der Waals surface area contributed by atoms with Crippen LogP contribution in [0.1, 0.15) is 26.2 Å². The summed E-state index contributed by atoms with van der Waals surface area (Å²) >= 11 is 5.55. The molecule has 0 aromatic rings. The molecule has 50 valence electrons. The largest absolute Gasteiger partial charge is 0.223 e. The van der Waals surface area contributed by atoms with Crippen LogP contribution in [0.3, 0.4) is 0 Å². The van der Waals surface area contributed by atoms with Gasteiger partial charge in [-0.05, 0) is 18.2 Å². The van der Waals surface area contributed by atoms with Crippen LogP contribution < -0.4 is 0 Å². The molecule has 0 atom stereocenters. The molecule has 0 radical (unpaired) electrons. The van der Waals surface area contributed by atoms with Crippen molar-refractivity contribution in [2.45, 2.75) is 26.2 Å².